The van der Waals surface area contributed by atoms with Crippen LogP contribution in [0.5, 0.6) is 11.5 Å². The Labute approximate surface area is 149 Å². The number of rotatable bonds is 4. The van der Waals surface area contributed by atoms with Crippen molar-refractivity contribution >= 4 is 32.5 Å². The lowest BCUT2D eigenvalue weighted by atomic mass is 10.0. The first kappa shape index (κ1) is 18.0. The fraction of sp³-hybridized carbons (Fsp3) is 0.294. The summed E-state index contributed by atoms with van der Waals surface area (Å²) in [5.41, 5.74) is -0.266. The van der Waals surface area contributed by atoms with Crippen LogP contribution in [0.3, 0.4) is 0 Å². The van der Waals surface area contributed by atoms with Gasteiger partial charge in [0, 0.05) is 16.8 Å². The van der Waals surface area contributed by atoms with E-state index in [9.17, 15) is 28.2 Å². The van der Waals surface area contributed by atoms with Gasteiger partial charge < -0.3 is 20.3 Å². The van der Waals surface area contributed by atoms with Gasteiger partial charge in [-0.1, -0.05) is 24.3 Å². The Morgan fingerprint density at radius 1 is 1.19 bits per heavy atom. The van der Waals surface area contributed by atoms with Crippen molar-refractivity contribution in [1.29, 1.82) is 0 Å². The highest BCUT2D eigenvalue weighted by molar-refractivity contribution is 7.91. The Hall–Kier alpha value is -2.81. The molecule has 9 heteroatoms. The van der Waals surface area contributed by atoms with E-state index in [1.165, 1.54) is 6.07 Å². The molecule has 1 fully saturated rings. The molecule has 138 valence electrons. The average molecular weight is 379 g/mol. The van der Waals surface area contributed by atoms with Crippen LogP contribution in [0.2, 0.25) is 0 Å². The van der Waals surface area contributed by atoms with Gasteiger partial charge in [-0.05, 0) is 12.5 Å². The molecule has 1 aliphatic heterocycles. The second kappa shape index (κ2) is 6.83. The number of benzene rings is 2. The maximum absolute atomic E-state index is 12.1. The highest BCUT2D eigenvalue weighted by atomic mass is 32.2. The number of esters is 1. The van der Waals surface area contributed by atoms with Gasteiger partial charge in [-0.2, -0.15) is 0 Å². The highest BCUT2D eigenvalue weighted by Crippen LogP contribution is 2.35. The van der Waals surface area contributed by atoms with Gasteiger partial charge >= 0.3 is 5.97 Å². The molecule has 0 bridgehead atoms. The summed E-state index contributed by atoms with van der Waals surface area (Å²) in [6.07, 6.45) is 0.321. The lowest BCUT2D eigenvalue weighted by Gasteiger charge is -2.12. The maximum atomic E-state index is 12.1. The number of carbonyl (C=O) groups is 2. The number of hydrogen-bond acceptors (Lipinski definition) is 7. The van der Waals surface area contributed by atoms with Crippen molar-refractivity contribution in [3.05, 3.63) is 35.9 Å². The molecule has 8 nitrogen and oxygen atoms in total. The molecule has 2 aromatic rings. The molecule has 3 rings (SSSR count). The van der Waals surface area contributed by atoms with E-state index >= 15 is 0 Å². The number of phenols is 2. The molecule has 2 aromatic carbocycles. The molecule has 1 amide bonds. The molecule has 1 aliphatic rings. The van der Waals surface area contributed by atoms with E-state index in [2.05, 4.69) is 5.32 Å². The third kappa shape index (κ3) is 3.72. The molecule has 1 atom stereocenters. The van der Waals surface area contributed by atoms with Crippen LogP contribution in [0, 0.1) is 0 Å². The van der Waals surface area contributed by atoms with Crippen molar-refractivity contribution in [3.63, 3.8) is 0 Å². The van der Waals surface area contributed by atoms with Gasteiger partial charge in [0.2, 0.25) is 0 Å². The van der Waals surface area contributed by atoms with Crippen LogP contribution in [-0.4, -0.2) is 54.7 Å². The summed E-state index contributed by atoms with van der Waals surface area (Å²) in [6.45, 7) is -0.623. The first-order chi connectivity index (χ1) is 12.3. The van der Waals surface area contributed by atoms with E-state index < -0.39 is 34.4 Å². The maximum Gasteiger partial charge on any atom is 0.342 e. The fourth-order valence-electron chi connectivity index (χ4n) is 2.88. The van der Waals surface area contributed by atoms with Crippen LogP contribution in [0.1, 0.15) is 16.8 Å². The number of aromatic hydroxyl groups is 2. The first-order valence-corrected chi connectivity index (χ1v) is 9.69. The number of carbonyl (C=O) groups excluding carboxylic acids is 2. The number of amides is 1. The average Bonchev–Trinajstić information content (AvgIpc) is 2.94. The fourth-order valence-corrected chi connectivity index (χ4v) is 4.56. The van der Waals surface area contributed by atoms with E-state index in [-0.39, 0.29) is 34.0 Å². The molecule has 0 aromatic heterocycles. The molecule has 0 aliphatic carbocycles. The van der Waals surface area contributed by atoms with E-state index in [0.717, 1.165) is 6.07 Å². The zero-order valence-corrected chi connectivity index (χ0v) is 14.5. The minimum atomic E-state index is -3.13. The number of fused-ring (bicyclic) bond motifs is 1. The summed E-state index contributed by atoms with van der Waals surface area (Å²) in [5.74, 6) is -2.28. The quantitative estimate of drug-likeness (QED) is 0.527. The first-order valence-electron chi connectivity index (χ1n) is 7.87. The van der Waals surface area contributed by atoms with E-state index in [0.29, 0.717) is 11.8 Å². The molecular weight excluding hydrogens is 362 g/mol. The molecule has 1 saturated heterocycles. The Balaban J connectivity index is 1.66. The second-order valence-corrected chi connectivity index (χ2v) is 8.31. The summed E-state index contributed by atoms with van der Waals surface area (Å²) in [7, 11) is -3.13. The molecule has 0 saturated carbocycles. The molecule has 1 heterocycles. The standard InChI is InChI=1S/C17H17NO7S/c19-14-7-13(16(21)12-4-2-1-3-11(12)14)17(22)25-8-15(20)18-10-5-6-26(23,24)9-10/h1-4,7,10,19,21H,5-6,8-9H2,(H,18,20). The van der Waals surface area contributed by atoms with Crippen molar-refractivity contribution < 1.29 is 33.0 Å². The number of hydrogen-bond donors (Lipinski definition) is 3. The van der Waals surface area contributed by atoms with Gasteiger partial charge in [0.15, 0.2) is 16.4 Å². The van der Waals surface area contributed by atoms with Crippen molar-refractivity contribution in [2.24, 2.45) is 0 Å². The topological polar surface area (TPSA) is 130 Å². The van der Waals surface area contributed by atoms with Crippen molar-refractivity contribution in [2.75, 3.05) is 18.1 Å². The normalized spacial score (nSPS) is 18.5. The van der Waals surface area contributed by atoms with Crippen molar-refractivity contribution in [3.8, 4) is 11.5 Å². The molecule has 26 heavy (non-hydrogen) atoms. The van der Waals surface area contributed by atoms with Gasteiger partial charge in [0.25, 0.3) is 5.91 Å². The van der Waals surface area contributed by atoms with E-state index in [1.807, 2.05) is 0 Å². The van der Waals surface area contributed by atoms with Gasteiger partial charge in [0.05, 0.1) is 11.5 Å². The van der Waals surface area contributed by atoms with Crippen molar-refractivity contribution in [2.45, 2.75) is 12.5 Å². The van der Waals surface area contributed by atoms with Crippen LogP contribution in [0.25, 0.3) is 10.8 Å². The predicted molar refractivity (Wildman–Crippen MR) is 92.8 cm³/mol. The predicted octanol–water partition coefficient (Wildman–Crippen LogP) is 0.711. The molecule has 0 spiro atoms. The lowest BCUT2D eigenvalue weighted by molar-refractivity contribution is -0.124. The molecule has 0 radical (unpaired) electrons. The number of phenolic OH excluding ortho intramolecular Hbond substituents is 2. The van der Waals surface area contributed by atoms with Gasteiger partial charge in [-0.3, -0.25) is 4.79 Å². The van der Waals surface area contributed by atoms with Gasteiger partial charge in [-0.15, -0.1) is 0 Å². The zero-order chi connectivity index (χ0) is 18.9. The summed E-state index contributed by atoms with van der Waals surface area (Å²) in [5, 5.41) is 23.3. The Bertz CT molecular complexity index is 984. The summed E-state index contributed by atoms with van der Waals surface area (Å²) < 4.78 is 27.6. The molecular formula is C17H17NO7S. The number of ether oxygens (including phenoxy) is 1. The lowest BCUT2D eigenvalue weighted by Crippen LogP contribution is -2.38. The second-order valence-electron chi connectivity index (χ2n) is 6.08. The third-order valence-corrected chi connectivity index (χ3v) is 5.91. The van der Waals surface area contributed by atoms with Crippen LogP contribution in [0.4, 0.5) is 0 Å². The Kier molecular flexibility index (Phi) is 4.73. The number of nitrogens with one attached hydrogen (secondary N) is 1. The third-order valence-electron chi connectivity index (χ3n) is 4.15. The van der Waals surface area contributed by atoms with Crippen LogP contribution in [0.15, 0.2) is 30.3 Å². The molecule has 3 N–H and O–H groups in total. The Morgan fingerprint density at radius 2 is 1.88 bits per heavy atom. The minimum absolute atomic E-state index is 0.0158. The van der Waals surface area contributed by atoms with Crippen LogP contribution < -0.4 is 5.32 Å². The molecule has 1 unspecified atom stereocenters. The Morgan fingerprint density at radius 3 is 2.54 bits per heavy atom. The smallest absolute Gasteiger partial charge is 0.342 e. The zero-order valence-electron chi connectivity index (χ0n) is 13.6. The monoisotopic (exact) mass is 379 g/mol. The summed E-state index contributed by atoms with van der Waals surface area (Å²) in [4.78, 5) is 24.0. The number of sulfone groups is 1. The SMILES string of the molecule is O=C(COC(=O)c1cc(O)c2ccccc2c1O)NC1CCS(=O)(=O)C1. The van der Waals surface area contributed by atoms with Crippen LogP contribution >= 0.6 is 0 Å². The van der Waals surface area contributed by atoms with Crippen LogP contribution in [-0.2, 0) is 19.4 Å². The summed E-state index contributed by atoms with van der Waals surface area (Å²) in [6, 6.07) is 7.01. The summed E-state index contributed by atoms with van der Waals surface area (Å²) >= 11 is 0. The minimum Gasteiger partial charge on any atom is -0.507 e. The van der Waals surface area contributed by atoms with E-state index in [1.54, 1.807) is 18.2 Å². The van der Waals surface area contributed by atoms with E-state index in [4.69, 9.17) is 4.74 Å². The largest absolute Gasteiger partial charge is 0.507 e. The van der Waals surface area contributed by atoms with Crippen molar-refractivity contribution in [1.82, 2.24) is 5.32 Å². The van der Waals surface area contributed by atoms with Gasteiger partial charge in [-0.25, -0.2) is 13.2 Å². The highest BCUT2D eigenvalue weighted by Gasteiger charge is 2.29. The van der Waals surface area contributed by atoms with Gasteiger partial charge in [0.1, 0.15) is 17.1 Å².